The van der Waals surface area contributed by atoms with Crippen molar-refractivity contribution in [3.05, 3.63) is 71.1 Å². The lowest BCUT2D eigenvalue weighted by Crippen LogP contribution is -2.54. The first-order chi connectivity index (χ1) is 18.0. The molecule has 1 fully saturated rings. The third-order valence-electron chi connectivity index (χ3n) is 6.45. The highest BCUT2D eigenvalue weighted by Crippen LogP contribution is 2.27. The number of likely N-dealkylation sites (N-methyl/N-ethyl adjacent to an activating group) is 1. The van der Waals surface area contributed by atoms with E-state index in [0.717, 1.165) is 21.2 Å². The molecule has 202 valence electrons. The fraction of sp³-hybridized carbons (Fsp3) is 0.414. The summed E-state index contributed by atoms with van der Waals surface area (Å²) in [4.78, 5) is 42.9. The third-order valence-corrected chi connectivity index (χ3v) is 7.46. The number of likely N-dealkylation sites (tertiary alicyclic amines) is 1. The van der Waals surface area contributed by atoms with Crippen LogP contribution in [0.4, 0.5) is 4.79 Å². The zero-order valence-corrected chi connectivity index (χ0v) is 23.0. The minimum Gasteiger partial charge on any atom is -0.444 e. The average molecular weight is 538 g/mol. The van der Waals surface area contributed by atoms with Crippen molar-refractivity contribution in [3.63, 3.8) is 0 Å². The minimum atomic E-state index is -0.936. The summed E-state index contributed by atoms with van der Waals surface area (Å²) in [5.74, 6) is -0.724. The molecule has 0 radical (unpaired) electrons. The van der Waals surface area contributed by atoms with Gasteiger partial charge in [0.2, 0.25) is 11.8 Å². The average Bonchev–Trinajstić information content (AvgIpc) is 3.46. The van der Waals surface area contributed by atoms with Gasteiger partial charge in [-0.3, -0.25) is 14.5 Å². The number of hydrogen-bond donors (Lipinski definition) is 2. The second kappa shape index (κ2) is 11.5. The molecule has 1 aromatic heterocycles. The Morgan fingerprint density at radius 3 is 2.53 bits per heavy atom. The number of thiophene rings is 1. The van der Waals surface area contributed by atoms with E-state index < -0.39 is 35.8 Å². The molecule has 0 bridgehead atoms. The highest BCUT2D eigenvalue weighted by Gasteiger charge is 2.42. The SMILES string of the molecule is CN(Cc1ccccc1)C(=O)[C@H](Cc1csc2ccccc12)NC(=O)[C@@H]1C[C@@H](O)CN1C(=O)OC(C)(C)C. The maximum atomic E-state index is 13.7. The van der Waals surface area contributed by atoms with Gasteiger partial charge in [0, 0.05) is 31.1 Å². The normalized spacial score (nSPS) is 18.3. The molecule has 38 heavy (non-hydrogen) atoms. The van der Waals surface area contributed by atoms with Crippen LogP contribution in [-0.2, 0) is 27.3 Å². The molecule has 0 spiro atoms. The molecule has 1 aliphatic rings. The van der Waals surface area contributed by atoms with E-state index in [1.807, 2.05) is 60.0 Å². The van der Waals surface area contributed by atoms with E-state index in [-0.39, 0.29) is 18.9 Å². The van der Waals surface area contributed by atoms with E-state index in [1.54, 1.807) is 44.1 Å². The summed E-state index contributed by atoms with van der Waals surface area (Å²) in [5, 5.41) is 16.3. The zero-order chi connectivity index (χ0) is 27.4. The van der Waals surface area contributed by atoms with Gasteiger partial charge in [-0.2, -0.15) is 0 Å². The maximum absolute atomic E-state index is 13.7. The summed E-state index contributed by atoms with van der Waals surface area (Å²) in [5.41, 5.74) is 1.20. The Bertz CT molecular complexity index is 1290. The number of aliphatic hydroxyl groups excluding tert-OH is 1. The molecule has 3 atom stereocenters. The second-order valence-corrected chi connectivity index (χ2v) is 11.7. The van der Waals surface area contributed by atoms with Crippen LogP contribution < -0.4 is 5.32 Å². The first-order valence-corrected chi connectivity index (χ1v) is 13.6. The number of aliphatic hydroxyl groups is 1. The highest BCUT2D eigenvalue weighted by molar-refractivity contribution is 7.17. The van der Waals surface area contributed by atoms with Crippen LogP contribution in [-0.4, -0.2) is 70.2 Å². The number of nitrogens with zero attached hydrogens (tertiary/aromatic N) is 2. The number of rotatable bonds is 7. The van der Waals surface area contributed by atoms with Crippen LogP contribution in [0.3, 0.4) is 0 Å². The smallest absolute Gasteiger partial charge is 0.411 e. The molecule has 0 aliphatic carbocycles. The number of fused-ring (bicyclic) bond motifs is 1. The Hall–Kier alpha value is -3.43. The lowest BCUT2D eigenvalue weighted by molar-refractivity contribution is -0.137. The van der Waals surface area contributed by atoms with Gasteiger partial charge in [-0.1, -0.05) is 48.5 Å². The molecule has 0 unspecified atom stereocenters. The zero-order valence-electron chi connectivity index (χ0n) is 22.2. The van der Waals surface area contributed by atoms with E-state index in [2.05, 4.69) is 5.32 Å². The van der Waals surface area contributed by atoms with E-state index in [1.165, 1.54) is 4.90 Å². The molecule has 1 aliphatic heterocycles. The predicted octanol–water partition coefficient (Wildman–Crippen LogP) is 3.96. The Morgan fingerprint density at radius 1 is 1.13 bits per heavy atom. The number of hydrogen-bond acceptors (Lipinski definition) is 6. The monoisotopic (exact) mass is 537 g/mol. The van der Waals surface area contributed by atoms with Gasteiger partial charge in [-0.15, -0.1) is 11.3 Å². The molecule has 8 nitrogen and oxygen atoms in total. The van der Waals surface area contributed by atoms with Gasteiger partial charge >= 0.3 is 6.09 Å². The molecular weight excluding hydrogens is 502 g/mol. The van der Waals surface area contributed by atoms with E-state index >= 15 is 0 Å². The number of β-amino-alcohol motifs (C(OH)–C–C–N with tert-alkyl or cyclic N) is 1. The van der Waals surface area contributed by atoms with Crippen LogP contribution in [0.2, 0.25) is 0 Å². The third kappa shape index (κ3) is 6.71. The van der Waals surface area contributed by atoms with Gasteiger partial charge in [-0.25, -0.2) is 4.79 Å². The molecule has 3 amide bonds. The van der Waals surface area contributed by atoms with Gasteiger partial charge in [0.15, 0.2) is 0 Å². The minimum absolute atomic E-state index is 0.00527. The summed E-state index contributed by atoms with van der Waals surface area (Å²) in [6, 6.07) is 15.8. The van der Waals surface area contributed by atoms with Crippen molar-refractivity contribution in [1.82, 2.24) is 15.1 Å². The molecule has 2 heterocycles. The van der Waals surface area contributed by atoms with Gasteiger partial charge < -0.3 is 20.1 Å². The number of amides is 3. The topological polar surface area (TPSA) is 99.2 Å². The molecule has 2 aromatic carbocycles. The maximum Gasteiger partial charge on any atom is 0.411 e. The number of carbonyl (C=O) groups is 3. The first kappa shape index (κ1) is 27.6. The lowest BCUT2D eigenvalue weighted by Gasteiger charge is -2.30. The summed E-state index contributed by atoms with van der Waals surface area (Å²) < 4.78 is 6.57. The fourth-order valence-electron chi connectivity index (χ4n) is 4.66. The predicted molar refractivity (Wildman–Crippen MR) is 148 cm³/mol. The van der Waals surface area contributed by atoms with E-state index in [4.69, 9.17) is 4.74 Å². The van der Waals surface area contributed by atoms with Gasteiger partial charge in [-0.05, 0) is 48.7 Å². The van der Waals surface area contributed by atoms with Crippen LogP contribution >= 0.6 is 11.3 Å². The van der Waals surface area contributed by atoms with Crippen LogP contribution in [0, 0.1) is 0 Å². The lowest BCUT2D eigenvalue weighted by atomic mass is 10.0. The standard InChI is InChI=1S/C29H35N3O5S/c1-29(2,3)37-28(36)32-17-21(33)15-24(32)26(34)30-23(14-20-18-38-25-13-9-8-12-22(20)25)27(35)31(4)16-19-10-6-5-7-11-19/h5-13,18,21,23-24,33H,14-17H2,1-4H3,(H,30,34)/t21-,23+,24+/m1/s1. The number of ether oxygens (including phenoxy) is 1. The van der Waals surface area contributed by atoms with Gasteiger partial charge in [0.1, 0.15) is 17.7 Å². The van der Waals surface area contributed by atoms with Gasteiger partial charge in [0.25, 0.3) is 0 Å². The summed E-state index contributed by atoms with van der Waals surface area (Å²) >= 11 is 1.59. The summed E-state index contributed by atoms with van der Waals surface area (Å²) in [6.07, 6.45) is -1.14. The largest absolute Gasteiger partial charge is 0.444 e. The molecule has 4 rings (SSSR count). The van der Waals surface area contributed by atoms with Crippen molar-refractivity contribution in [3.8, 4) is 0 Å². The summed E-state index contributed by atoms with van der Waals surface area (Å²) in [6.45, 7) is 5.62. The van der Waals surface area contributed by atoms with Crippen molar-refractivity contribution in [2.45, 2.75) is 63.9 Å². The Kier molecular flexibility index (Phi) is 8.38. The Balaban J connectivity index is 1.56. The van der Waals surface area contributed by atoms with Crippen LogP contribution in [0.1, 0.15) is 38.3 Å². The number of benzene rings is 2. The number of nitrogens with one attached hydrogen (secondary N) is 1. The summed E-state index contributed by atoms with van der Waals surface area (Å²) in [7, 11) is 1.71. The Morgan fingerprint density at radius 2 is 1.82 bits per heavy atom. The highest BCUT2D eigenvalue weighted by atomic mass is 32.1. The Labute approximate surface area is 227 Å². The van der Waals surface area contributed by atoms with Crippen molar-refractivity contribution in [2.24, 2.45) is 0 Å². The fourth-order valence-corrected chi connectivity index (χ4v) is 5.64. The van der Waals surface area contributed by atoms with Crippen molar-refractivity contribution < 1.29 is 24.2 Å². The molecule has 2 N–H and O–H groups in total. The molecule has 3 aromatic rings. The van der Waals surface area contributed by atoms with Crippen LogP contribution in [0.25, 0.3) is 10.1 Å². The number of carbonyl (C=O) groups excluding carboxylic acids is 3. The first-order valence-electron chi connectivity index (χ1n) is 12.7. The second-order valence-electron chi connectivity index (χ2n) is 10.7. The van der Waals surface area contributed by atoms with Crippen molar-refractivity contribution in [2.75, 3.05) is 13.6 Å². The molecule has 0 saturated carbocycles. The van der Waals surface area contributed by atoms with Gasteiger partial charge in [0.05, 0.1) is 12.6 Å². The quantitative estimate of drug-likeness (QED) is 0.475. The van der Waals surface area contributed by atoms with Crippen LogP contribution in [0.5, 0.6) is 0 Å². The van der Waals surface area contributed by atoms with Crippen molar-refractivity contribution >= 4 is 39.3 Å². The molecule has 1 saturated heterocycles. The molecular formula is C29H35N3O5S. The van der Waals surface area contributed by atoms with E-state index in [9.17, 15) is 19.5 Å². The van der Waals surface area contributed by atoms with Crippen molar-refractivity contribution in [1.29, 1.82) is 0 Å². The molecule has 9 heteroatoms. The van der Waals surface area contributed by atoms with Crippen LogP contribution in [0.15, 0.2) is 60.0 Å². The van der Waals surface area contributed by atoms with E-state index in [0.29, 0.717) is 13.0 Å².